The molecule has 7 heteroatoms. The fourth-order valence-electron chi connectivity index (χ4n) is 3.64. The van der Waals surface area contributed by atoms with E-state index >= 15 is 0 Å². The van der Waals surface area contributed by atoms with Crippen molar-refractivity contribution in [3.63, 3.8) is 0 Å². The molecule has 1 N–H and O–H groups in total. The first kappa shape index (κ1) is 17.7. The number of likely N-dealkylation sites (tertiary alicyclic amines) is 1. The second-order valence-electron chi connectivity index (χ2n) is 7.59. The van der Waals surface area contributed by atoms with Gasteiger partial charge in [0.1, 0.15) is 11.4 Å². The highest BCUT2D eigenvalue weighted by atomic mass is 16.3. The molecule has 3 aromatic rings. The van der Waals surface area contributed by atoms with Crippen LogP contribution in [0.1, 0.15) is 44.3 Å². The van der Waals surface area contributed by atoms with E-state index in [-0.39, 0.29) is 0 Å². The van der Waals surface area contributed by atoms with Gasteiger partial charge in [-0.3, -0.25) is 9.58 Å². The molecule has 7 nitrogen and oxygen atoms in total. The van der Waals surface area contributed by atoms with Crippen molar-refractivity contribution < 1.29 is 5.11 Å². The molecule has 0 saturated carbocycles. The number of phenolic OH excluding ortho intramolecular Hbond substituents is 1. The molecule has 3 heterocycles. The van der Waals surface area contributed by atoms with Gasteiger partial charge >= 0.3 is 0 Å². The molecule has 0 radical (unpaired) electrons. The van der Waals surface area contributed by atoms with E-state index in [0.29, 0.717) is 17.8 Å². The topological polar surface area (TPSA) is 72.0 Å². The Morgan fingerprint density at radius 3 is 2.93 bits per heavy atom. The van der Waals surface area contributed by atoms with Crippen LogP contribution in [0, 0.1) is 0 Å². The van der Waals surface area contributed by atoms with Crippen LogP contribution in [-0.2, 0) is 6.54 Å². The number of aromatic nitrogens is 5. The second-order valence-corrected chi connectivity index (χ2v) is 7.59. The van der Waals surface area contributed by atoms with Gasteiger partial charge in [-0.15, -0.1) is 5.10 Å². The Morgan fingerprint density at radius 1 is 1.26 bits per heavy atom. The fourth-order valence-corrected chi connectivity index (χ4v) is 3.64. The Morgan fingerprint density at radius 2 is 2.15 bits per heavy atom. The lowest BCUT2D eigenvalue weighted by Gasteiger charge is -2.32. The van der Waals surface area contributed by atoms with Gasteiger partial charge in [-0.2, -0.15) is 5.10 Å². The summed E-state index contributed by atoms with van der Waals surface area (Å²) in [5.41, 5.74) is 3.01. The molecule has 0 aliphatic carbocycles. The summed E-state index contributed by atoms with van der Waals surface area (Å²) in [7, 11) is 0. The van der Waals surface area contributed by atoms with Crippen molar-refractivity contribution >= 4 is 0 Å². The second kappa shape index (κ2) is 7.52. The van der Waals surface area contributed by atoms with Crippen molar-refractivity contribution in [1.29, 1.82) is 0 Å². The summed E-state index contributed by atoms with van der Waals surface area (Å²) in [4.78, 5) is 2.42. The van der Waals surface area contributed by atoms with Gasteiger partial charge in [-0.25, -0.2) is 4.68 Å². The summed E-state index contributed by atoms with van der Waals surface area (Å²) >= 11 is 0. The molecule has 1 saturated heterocycles. The molecular weight excluding hydrogens is 340 g/mol. The summed E-state index contributed by atoms with van der Waals surface area (Å²) in [6.07, 6.45) is 8.14. The lowest BCUT2D eigenvalue weighted by molar-refractivity contribution is 0.162. The number of aromatic hydroxyl groups is 1. The molecule has 1 aromatic carbocycles. The maximum atomic E-state index is 9.67. The highest BCUT2D eigenvalue weighted by molar-refractivity contribution is 5.55. The summed E-state index contributed by atoms with van der Waals surface area (Å²) in [5.74, 6) is 0.323. The lowest BCUT2D eigenvalue weighted by atomic mass is 10.0. The third-order valence-corrected chi connectivity index (χ3v) is 5.11. The Bertz CT molecular complexity index is 899. The molecule has 1 fully saturated rings. The number of benzene rings is 1. The van der Waals surface area contributed by atoms with Crippen molar-refractivity contribution in [3.8, 4) is 17.0 Å². The van der Waals surface area contributed by atoms with Gasteiger partial charge < -0.3 is 5.11 Å². The fraction of sp³-hybridized carbons (Fsp3) is 0.450. The third-order valence-electron chi connectivity index (χ3n) is 5.11. The number of nitrogens with zero attached hydrogens (tertiary/aromatic N) is 6. The van der Waals surface area contributed by atoms with E-state index < -0.39 is 0 Å². The molecule has 1 unspecified atom stereocenters. The normalized spacial score (nSPS) is 18.3. The van der Waals surface area contributed by atoms with E-state index in [4.69, 9.17) is 0 Å². The van der Waals surface area contributed by atoms with Crippen LogP contribution in [-0.4, -0.2) is 47.9 Å². The van der Waals surface area contributed by atoms with Gasteiger partial charge in [0.05, 0.1) is 18.4 Å². The molecule has 142 valence electrons. The minimum Gasteiger partial charge on any atom is -0.508 e. The zero-order valence-corrected chi connectivity index (χ0v) is 15.9. The first-order chi connectivity index (χ1) is 13.1. The Hall–Kier alpha value is -2.67. The molecule has 4 rings (SSSR count). The van der Waals surface area contributed by atoms with E-state index in [0.717, 1.165) is 49.3 Å². The van der Waals surface area contributed by atoms with Gasteiger partial charge in [0.15, 0.2) is 0 Å². The molecular formula is C20H26N6O. The predicted molar refractivity (Wildman–Crippen MR) is 103 cm³/mol. The minimum atomic E-state index is 0.317. The van der Waals surface area contributed by atoms with Crippen molar-refractivity contribution in [2.24, 2.45) is 0 Å². The monoisotopic (exact) mass is 366 g/mol. The highest BCUT2D eigenvalue weighted by Crippen LogP contribution is 2.25. The number of rotatable bonds is 5. The lowest BCUT2D eigenvalue weighted by Crippen LogP contribution is -2.36. The van der Waals surface area contributed by atoms with E-state index in [2.05, 4.69) is 40.2 Å². The Kier molecular flexibility index (Phi) is 4.94. The zero-order chi connectivity index (χ0) is 18.8. The Labute approximate surface area is 159 Å². The van der Waals surface area contributed by atoms with Gasteiger partial charge in [0, 0.05) is 30.9 Å². The zero-order valence-electron chi connectivity index (χ0n) is 15.9. The standard InChI is InChI=1S/C20H26N6O/c1-15(2)25-12-17(10-21-25)20-14-26(23-22-20)18-6-4-8-24(13-18)11-16-5-3-7-19(27)9-16/h3,5,7,9-10,12,14-15,18,27H,4,6,8,11,13H2,1-2H3. The van der Waals surface area contributed by atoms with Crippen molar-refractivity contribution in [2.45, 2.75) is 45.3 Å². The van der Waals surface area contributed by atoms with Crippen molar-refractivity contribution in [2.75, 3.05) is 13.1 Å². The quantitative estimate of drug-likeness (QED) is 0.750. The molecule has 0 bridgehead atoms. The number of hydrogen-bond donors (Lipinski definition) is 1. The largest absolute Gasteiger partial charge is 0.508 e. The van der Waals surface area contributed by atoms with Crippen LogP contribution in [0.5, 0.6) is 5.75 Å². The number of piperidine rings is 1. The smallest absolute Gasteiger partial charge is 0.116 e. The van der Waals surface area contributed by atoms with Crippen LogP contribution >= 0.6 is 0 Å². The van der Waals surface area contributed by atoms with Gasteiger partial charge in [0.25, 0.3) is 0 Å². The molecule has 0 spiro atoms. The minimum absolute atomic E-state index is 0.317. The molecule has 1 aliphatic rings. The molecule has 27 heavy (non-hydrogen) atoms. The van der Waals surface area contributed by atoms with Gasteiger partial charge in [0.2, 0.25) is 0 Å². The summed E-state index contributed by atoms with van der Waals surface area (Å²) in [6.45, 7) is 7.06. The molecule has 1 aliphatic heterocycles. The van der Waals surface area contributed by atoms with E-state index in [1.54, 1.807) is 6.07 Å². The van der Waals surface area contributed by atoms with Crippen LogP contribution < -0.4 is 0 Å². The van der Waals surface area contributed by atoms with Gasteiger partial charge in [-0.05, 0) is 50.9 Å². The first-order valence-corrected chi connectivity index (χ1v) is 9.55. The predicted octanol–water partition coefficient (Wildman–Crippen LogP) is 3.27. The first-order valence-electron chi connectivity index (χ1n) is 9.55. The molecule has 0 amide bonds. The van der Waals surface area contributed by atoms with Crippen LogP contribution in [0.3, 0.4) is 0 Å². The Balaban J connectivity index is 1.44. The third kappa shape index (κ3) is 4.03. The maximum Gasteiger partial charge on any atom is 0.116 e. The summed E-state index contributed by atoms with van der Waals surface area (Å²) in [6, 6.07) is 8.15. The van der Waals surface area contributed by atoms with Crippen molar-refractivity contribution in [3.05, 3.63) is 48.4 Å². The molecule has 2 aromatic heterocycles. The molecule has 1 atom stereocenters. The van der Waals surface area contributed by atoms with E-state index in [1.165, 1.54) is 0 Å². The number of phenols is 1. The average molecular weight is 366 g/mol. The SMILES string of the molecule is CC(C)n1cc(-c2cn(C3CCCN(Cc4cccc(O)c4)C3)nn2)cn1. The van der Waals surface area contributed by atoms with E-state index in [1.807, 2.05) is 40.1 Å². The van der Waals surface area contributed by atoms with Crippen LogP contribution in [0.15, 0.2) is 42.9 Å². The maximum absolute atomic E-state index is 9.67. The van der Waals surface area contributed by atoms with Crippen LogP contribution in [0.2, 0.25) is 0 Å². The average Bonchev–Trinajstić information content (AvgIpc) is 3.32. The number of hydrogen-bond acceptors (Lipinski definition) is 5. The van der Waals surface area contributed by atoms with Gasteiger partial charge in [-0.1, -0.05) is 17.3 Å². The highest BCUT2D eigenvalue weighted by Gasteiger charge is 2.23. The summed E-state index contributed by atoms with van der Waals surface area (Å²) in [5, 5.41) is 22.8. The van der Waals surface area contributed by atoms with Crippen LogP contribution in [0.4, 0.5) is 0 Å². The van der Waals surface area contributed by atoms with Crippen molar-refractivity contribution in [1.82, 2.24) is 29.7 Å². The summed E-state index contributed by atoms with van der Waals surface area (Å²) < 4.78 is 3.93. The van der Waals surface area contributed by atoms with E-state index in [9.17, 15) is 5.11 Å². The van der Waals surface area contributed by atoms with Crippen LogP contribution in [0.25, 0.3) is 11.3 Å².